The Kier molecular flexibility index (Phi) is 9.08. The van der Waals surface area contributed by atoms with Gasteiger partial charge in [0.05, 0.1) is 31.4 Å². The standard InChI is InChI=1S/C25H19Cl4F6NO2/c1-23(31,32)15(13-7-17(27)21(29)18(28)8-13)9-19(30)12-2-3-14(16(26)6-12)20(37)10-24(4-5-24)22(38)36-11-25(33,34)35/h2-3,6-9,15H,4-5,10-11H2,1H3,(H,36,38)/b19-9-. The van der Waals surface area contributed by atoms with Crippen LogP contribution in [-0.4, -0.2) is 30.3 Å². The van der Waals surface area contributed by atoms with E-state index in [2.05, 4.69) is 0 Å². The maximum absolute atomic E-state index is 15.1. The summed E-state index contributed by atoms with van der Waals surface area (Å²) in [6.07, 6.45) is -3.88. The summed E-state index contributed by atoms with van der Waals surface area (Å²) in [6, 6.07) is 5.65. The number of alkyl halides is 5. The summed E-state index contributed by atoms with van der Waals surface area (Å²) in [5.74, 6) is -7.83. The fourth-order valence-electron chi connectivity index (χ4n) is 3.83. The summed E-state index contributed by atoms with van der Waals surface area (Å²) in [7, 11) is 0. The Morgan fingerprint density at radius 3 is 2.05 bits per heavy atom. The zero-order chi connectivity index (χ0) is 28.6. The predicted molar refractivity (Wildman–Crippen MR) is 135 cm³/mol. The molecule has 0 spiro atoms. The first-order chi connectivity index (χ1) is 17.4. The number of rotatable bonds is 9. The highest BCUT2D eigenvalue weighted by atomic mass is 35.5. The van der Waals surface area contributed by atoms with Crippen molar-refractivity contribution >= 4 is 63.9 Å². The van der Waals surface area contributed by atoms with Crippen LogP contribution in [0.5, 0.6) is 0 Å². The second kappa shape index (κ2) is 11.3. The van der Waals surface area contributed by atoms with Crippen LogP contribution in [0.3, 0.4) is 0 Å². The third kappa shape index (κ3) is 7.37. The Hall–Kier alpha value is -1.94. The Labute approximate surface area is 234 Å². The molecule has 38 heavy (non-hydrogen) atoms. The van der Waals surface area contributed by atoms with Gasteiger partial charge < -0.3 is 5.32 Å². The number of hydrogen-bond acceptors (Lipinski definition) is 2. The fraction of sp³-hybridized carbons (Fsp3) is 0.360. The van der Waals surface area contributed by atoms with E-state index in [1.807, 2.05) is 0 Å². The van der Waals surface area contributed by atoms with Gasteiger partial charge in [0, 0.05) is 24.5 Å². The van der Waals surface area contributed by atoms with Gasteiger partial charge in [0.25, 0.3) is 5.92 Å². The third-order valence-electron chi connectivity index (χ3n) is 6.05. The second-order valence-electron chi connectivity index (χ2n) is 9.12. The lowest BCUT2D eigenvalue weighted by molar-refractivity contribution is -0.141. The highest BCUT2D eigenvalue weighted by molar-refractivity contribution is 6.48. The molecule has 2 aromatic carbocycles. The van der Waals surface area contributed by atoms with Crippen molar-refractivity contribution in [2.45, 2.75) is 44.2 Å². The van der Waals surface area contributed by atoms with Crippen molar-refractivity contribution in [3.63, 3.8) is 0 Å². The topological polar surface area (TPSA) is 46.2 Å². The first kappa shape index (κ1) is 30.6. The van der Waals surface area contributed by atoms with E-state index in [4.69, 9.17) is 46.4 Å². The van der Waals surface area contributed by atoms with Crippen molar-refractivity contribution in [1.29, 1.82) is 0 Å². The maximum Gasteiger partial charge on any atom is 0.405 e. The molecule has 1 aliphatic rings. The number of Topliss-reactive ketones (excluding diaryl/α,β-unsaturated/α-hetero) is 1. The SMILES string of the molecule is CC(F)(F)C(/C=C(\F)c1ccc(C(=O)CC2(C(=O)NCC(F)(F)F)CC2)c(Cl)c1)c1cc(Cl)c(Cl)c(Cl)c1. The van der Waals surface area contributed by atoms with Gasteiger partial charge >= 0.3 is 6.18 Å². The molecule has 0 bridgehead atoms. The zero-order valence-electron chi connectivity index (χ0n) is 19.5. The number of amides is 1. The van der Waals surface area contributed by atoms with Gasteiger partial charge in [-0.1, -0.05) is 52.5 Å². The minimum atomic E-state index is -4.60. The molecule has 206 valence electrons. The third-order valence-corrected chi connectivity index (χ3v) is 7.56. The van der Waals surface area contributed by atoms with Gasteiger partial charge in [0.1, 0.15) is 12.4 Å². The van der Waals surface area contributed by atoms with Crippen molar-refractivity contribution in [2.75, 3.05) is 6.54 Å². The second-order valence-corrected chi connectivity index (χ2v) is 10.7. The van der Waals surface area contributed by atoms with E-state index in [1.165, 1.54) is 0 Å². The first-order valence-electron chi connectivity index (χ1n) is 11.0. The molecular weight excluding hydrogens is 602 g/mol. The summed E-state index contributed by atoms with van der Waals surface area (Å²) < 4.78 is 81.2. The smallest absolute Gasteiger partial charge is 0.346 e. The molecule has 0 saturated heterocycles. The molecular formula is C25H19Cl4F6NO2. The van der Waals surface area contributed by atoms with Crippen LogP contribution >= 0.6 is 46.4 Å². The molecule has 2 aromatic rings. The molecule has 1 N–H and O–H groups in total. The molecule has 13 heteroatoms. The largest absolute Gasteiger partial charge is 0.405 e. The van der Waals surface area contributed by atoms with Crippen molar-refractivity contribution in [1.82, 2.24) is 5.32 Å². The number of benzene rings is 2. The minimum Gasteiger partial charge on any atom is -0.346 e. The lowest BCUT2D eigenvalue weighted by atomic mass is 9.91. The number of allylic oxidation sites excluding steroid dienone is 1. The molecule has 3 nitrogen and oxygen atoms in total. The summed E-state index contributed by atoms with van der Waals surface area (Å²) >= 11 is 23.9. The monoisotopic (exact) mass is 619 g/mol. The fourth-order valence-corrected chi connectivity index (χ4v) is 4.73. The quantitative estimate of drug-likeness (QED) is 0.173. The van der Waals surface area contributed by atoms with Gasteiger partial charge in [-0.15, -0.1) is 0 Å². The molecule has 1 saturated carbocycles. The number of carbonyl (C=O) groups is 2. The van der Waals surface area contributed by atoms with Crippen LogP contribution in [0.2, 0.25) is 20.1 Å². The highest BCUT2D eigenvalue weighted by Gasteiger charge is 2.51. The Bertz CT molecular complexity index is 1260. The van der Waals surface area contributed by atoms with E-state index in [9.17, 15) is 31.5 Å². The first-order valence-corrected chi connectivity index (χ1v) is 12.5. The van der Waals surface area contributed by atoms with Gasteiger partial charge in [-0.25, -0.2) is 13.2 Å². The van der Waals surface area contributed by atoms with Crippen LogP contribution in [0.25, 0.3) is 5.83 Å². The van der Waals surface area contributed by atoms with Gasteiger partial charge in [-0.2, -0.15) is 13.2 Å². The van der Waals surface area contributed by atoms with Crippen molar-refractivity contribution < 1.29 is 35.9 Å². The molecule has 1 amide bonds. The Morgan fingerprint density at radius 2 is 1.58 bits per heavy atom. The number of hydrogen-bond donors (Lipinski definition) is 1. The molecule has 1 atom stereocenters. The minimum absolute atomic E-state index is 0.0439. The molecule has 0 radical (unpaired) electrons. The summed E-state index contributed by atoms with van der Waals surface area (Å²) in [5, 5.41) is 1.33. The average Bonchev–Trinajstić information content (AvgIpc) is 3.58. The van der Waals surface area contributed by atoms with Crippen LogP contribution in [-0.2, 0) is 4.79 Å². The van der Waals surface area contributed by atoms with Crippen molar-refractivity contribution in [3.05, 3.63) is 73.2 Å². The number of carbonyl (C=O) groups excluding carboxylic acids is 2. The van der Waals surface area contributed by atoms with E-state index in [0.717, 1.165) is 30.3 Å². The van der Waals surface area contributed by atoms with Crippen molar-refractivity contribution in [2.24, 2.45) is 5.41 Å². The summed E-state index contributed by atoms with van der Waals surface area (Å²) in [5.41, 5.74) is -1.66. The predicted octanol–water partition coefficient (Wildman–Crippen LogP) is 9.08. The maximum atomic E-state index is 15.1. The van der Waals surface area contributed by atoms with E-state index >= 15 is 4.39 Å². The number of nitrogens with one attached hydrogen (secondary N) is 1. The van der Waals surface area contributed by atoms with Gasteiger partial charge in [0.15, 0.2) is 5.78 Å². The van der Waals surface area contributed by atoms with E-state index in [1.54, 1.807) is 5.32 Å². The molecule has 1 unspecified atom stereocenters. The molecule has 3 rings (SSSR count). The van der Waals surface area contributed by atoms with Crippen LogP contribution < -0.4 is 5.32 Å². The number of ketones is 1. The van der Waals surface area contributed by atoms with Crippen LogP contribution in [0.15, 0.2) is 36.4 Å². The van der Waals surface area contributed by atoms with Crippen LogP contribution in [0.4, 0.5) is 26.3 Å². The summed E-state index contributed by atoms with van der Waals surface area (Å²) in [4.78, 5) is 25.0. The molecule has 1 fully saturated rings. The molecule has 0 heterocycles. The number of halogens is 10. The van der Waals surface area contributed by atoms with Crippen molar-refractivity contribution in [3.8, 4) is 0 Å². The average molecular weight is 621 g/mol. The van der Waals surface area contributed by atoms with Gasteiger partial charge in [-0.05, 0) is 48.7 Å². The highest BCUT2D eigenvalue weighted by Crippen LogP contribution is 2.50. The summed E-state index contributed by atoms with van der Waals surface area (Å²) in [6.45, 7) is -0.930. The Morgan fingerprint density at radius 1 is 1.00 bits per heavy atom. The van der Waals surface area contributed by atoms with Gasteiger partial charge in [-0.3, -0.25) is 9.59 Å². The van der Waals surface area contributed by atoms with E-state index in [0.29, 0.717) is 13.0 Å². The van der Waals surface area contributed by atoms with Crippen LogP contribution in [0, 0.1) is 5.41 Å². The van der Waals surface area contributed by atoms with E-state index < -0.39 is 53.9 Å². The molecule has 0 aliphatic heterocycles. The van der Waals surface area contributed by atoms with Crippen LogP contribution in [0.1, 0.15) is 53.6 Å². The lowest BCUT2D eigenvalue weighted by Crippen LogP contribution is -2.39. The van der Waals surface area contributed by atoms with E-state index in [-0.39, 0.29) is 49.6 Å². The zero-order valence-corrected chi connectivity index (χ0v) is 22.5. The molecule has 1 aliphatic carbocycles. The normalized spacial score (nSPS) is 16.2. The molecule has 0 aromatic heterocycles. The van der Waals surface area contributed by atoms with Gasteiger partial charge in [0.2, 0.25) is 5.91 Å². The Balaban J connectivity index is 1.82. The lowest BCUT2D eigenvalue weighted by Gasteiger charge is -2.22.